The summed E-state index contributed by atoms with van der Waals surface area (Å²) < 4.78 is 9.86. The van der Waals surface area contributed by atoms with Gasteiger partial charge < -0.3 is 9.47 Å². The van der Waals surface area contributed by atoms with Crippen LogP contribution in [0.15, 0.2) is 23.8 Å². The van der Waals surface area contributed by atoms with E-state index in [0.717, 1.165) is 18.8 Å². The minimum atomic E-state index is -0.932. The quantitative estimate of drug-likeness (QED) is 0.527. The maximum absolute atomic E-state index is 11.0. The van der Waals surface area contributed by atoms with E-state index in [0.29, 0.717) is 0 Å². The molecule has 1 aliphatic carbocycles. The van der Waals surface area contributed by atoms with Gasteiger partial charge in [0.1, 0.15) is 0 Å². The van der Waals surface area contributed by atoms with Gasteiger partial charge in [-0.3, -0.25) is 9.59 Å². The number of carbonyl (C=O) groups is 2. The molecule has 0 amide bonds. The number of hydrogen-bond acceptors (Lipinski definition) is 4. The summed E-state index contributed by atoms with van der Waals surface area (Å²) >= 11 is 0. The number of rotatable bonds is 7. The molecule has 0 spiro atoms. The molecule has 118 valence electrons. The molecule has 0 N–H and O–H groups in total. The van der Waals surface area contributed by atoms with Crippen LogP contribution >= 0.6 is 0 Å². The molecule has 0 heterocycles. The highest BCUT2D eigenvalue weighted by molar-refractivity contribution is 5.68. The zero-order chi connectivity index (χ0) is 15.7. The number of carbonyl (C=O) groups excluding carboxylic acids is 2. The normalized spacial score (nSPS) is 18.7. The molecule has 1 rings (SSSR count). The lowest BCUT2D eigenvalue weighted by molar-refractivity contribution is -0.176. The summed E-state index contributed by atoms with van der Waals surface area (Å²) in [5.74, 6) is -0.147. The standard InChI is InChI=1S/C17H26O4/c1-4-5-6-15-7-9-16(10-8-15)11-12-17(20-13(2)18)21-14(3)19/h9,11-12,15,17H,4-8,10H2,1-3H3. The molecule has 0 saturated carbocycles. The fraction of sp³-hybridized carbons (Fsp3) is 0.647. The molecular formula is C17H26O4. The number of unbranched alkanes of at least 4 members (excludes halogenated alkanes) is 1. The van der Waals surface area contributed by atoms with Crippen molar-refractivity contribution in [3.63, 3.8) is 0 Å². The van der Waals surface area contributed by atoms with E-state index in [-0.39, 0.29) is 0 Å². The van der Waals surface area contributed by atoms with Crippen molar-refractivity contribution in [2.24, 2.45) is 5.92 Å². The molecule has 4 heteroatoms. The second-order valence-corrected chi connectivity index (χ2v) is 5.51. The molecule has 4 nitrogen and oxygen atoms in total. The van der Waals surface area contributed by atoms with Crippen LogP contribution in [0.1, 0.15) is 59.3 Å². The Morgan fingerprint density at radius 1 is 1.33 bits per heavy atom. The fourth-order valence-electron chi connectivity index (χ4n) is 2.45. The van der Waals surface area contributed by atoms with Gasteiger partial charge in [-0.25, -0.2) is 0 Å². The van der Waals surface area contributed by atoms with Crippen LogP contribution in [0.25, 0.3) is 0 Å². The van der Waals surface area contributed by atoms with Gasteiger partial charge in [-0.15, -0.1) is 0 Å². The molecule has 1 unspecified atom stereocenters. The summed E-state index contributed by atoms with van der Waals surface area (Å²) in [6, 6.07) is 0. The van der Waals surface area contributed by atoms with E-state index in [4.69, 9.17) is 9.47 Å². The Morgan fingerprint density at radius 3 is 2.48 bits per heavy atom. The summed E-state index contributed by atoms with van der Waals surface area (Å²) in [7, 11) is 0. The molecule has 0 saturated heterocycles. The maximum Gasteiger partial charge on any atom is 0.305 e. The highest BCUT2D eigenvalue weighted by atomic mass is 16.7. The van der Waals surface area contributed by atoms with Crippen molar-refractivity contribution in [3.05, 3.63) is 23.8 Å². The summed E-state index contributed by atoms with van der Waals surface area (Å²) in [6.07, 6.45) is 12.0. The third-order valence-electron chi connectivity index (χ3n) is 3.55. The predicted molar refractivity (Wildman–Crippen MR) is 81.4 cm³/mol. The van der Waals surface area contributed by atoms with Gasteiger partial charge in [0, 0.05) is 13.8 Å². The van der Waals surface area contributed by atoms with Gasteiger partial charge >= 0.3 is 11.9 Å². The Kier molecular flexibility index (Phi) is 7.80. The Morgan fingerprint density at radius 2 is 2.00 bits per heavy atom. The van der Waals surface area contributed by atoms with Crippen molar-refractivity contribution in [2.45, 2.75) is 65.6 Å². The molecule has 0 aromatic heterocycles. The van der Waals surface area contributed by atoms with Crippen molar-refractivity contribution in [2.75, 3.05) is 0 Å². The van der Waals surface area contributed by atoms with E-state index in [1.165, 1.54) is 45.1 Å². The van der Waals surface area contributed by atoms with Gasteiger partial charge in [-0.1, -0.05) is 43.9 Å². The number of ether oxygens (including phenoxy) is 2. The van der Waals surface area contributed by atoms with Crippen molar-refractivity contribution < 1.29 is 19.1 Å². The maximum atomic E-state index is 11.0. The van der Waals surface area contributed by atoms with Crippen LogP contribution in [0.4, 0.5) is 0 Å². The molecule has 0 aliphatic heterocycles. The van der Waals surface area contributed by atoms with Gasteiger partial charge in [0.15, 0.2) is 0 Å². The lowest BCUT2D eigenvalue weighted by Gasteiger charge is -2.20. The molecule has 0 fully saturated rings. The van der Waals surface area contributed by atoms with Gasteiger partial charge in [-0.05, 0) is 31.3 Å². The minimum absolute atomic E-state index is 0.469. The van der Waals surface area contributed by atoms with Crippen LogP contribution in [-0.4, -0.2) is 18.2 Å². The van der Waals surface area contributed by atoms with E-state index in [1.807, 2.05) is 6.08 Å². The molecule has 1 aliphatic rings. The lowest BCUT2D eigenvalue weighted by Crippen LogP contribution is -2.20. The first-order chi connectivity index (χ1) is 10.0. The summed E-state index contributed by atoms with van der Waals surface area (Å²) in [5, 5.41) is 0. The van der Waals surface area contributed by atoms with Crippen molar-refractivity contribution in [1.82, 2.24) is 0 Å². The Hall–Kier alpha value is -1.58. The van der Waals surface area contributed by atoms with Crippen molar-refractivity contribution >= 4 is 11.9 Å². The molecule has 21 heavy (non-hydrogen) atoms. The summed E-state index contributed by atoms with van der Waals surface area (Å²) in [5.41, 5.74) is 1.21. The van der Waals surface area contributed by atoms with Gasteiger partial charge in [-0.2, -0.15) is 0 Å². The molecule has 0 bridgehead atoms. The van der Waals surface area contributed by atoms with E-state index in [1.54, 1.807) is 6.08 Å². The van der Waals surface area contributed by atoms with Crippen LogP contribution < -0.4 is 0 Å². The van der Waals surface area contributed by atoms with Crippen LogP contribution in [0.5, 0.6) is 0 Å². The lowest BCUT2D eigenvalue weighted by atomic mass is 9.86. The Bertz CT molecular complexity index is 393. The third kappa shape index (κ3) is 7.69. The van der Waals surface area contributed by atoms with Crippen LogP contribution in [0.2, 0.25) is 0 Å². The molecule has 0 aromatic rings. The largest absolute Gasteiger partial charge is 0.421 e. The average Bonchev–Trinajstić information content (AvgIpc) is 2.42. The zero-order valence-corrected chi connectivity index (χ0v) is 13.3. The Labute approximate surface area is 127 Å². The van der Waals surface area contributed by atoms with E-state index in [2.05, 4.69) is 13.0 Å². The first-order valence-corrected chi connectivity index (χ1v) is 7.73. The summed E-state index contributed by atoms with van der Waals surface area (Å²) in [6.45, 7) is 4.81. The van der Waals surface area contributed by atoms with Crippen LogP contribution in [-0.2, 0) is 19.1 Å². The van der Waals surface area contributed by atoms with Gasteiger partial charge in [0.25, 0.3) is 6.29 Å². The number of allylic oxidation sites excluding steroid dienone is 3. The second-order valence-electron chi connectivity index (χ2n) is 5.51. The van der Waals surface area contributed by atoms with Crippen molar-refractivity contribution in [3.8, 4) is 0 Å². The van der Waals surface area contributed by atoms with Crippen LogP contribution in [0.3, 0.4) is 0 Å². The first-order valence-electron chi connectivity index (χ1n) is 7.73. The van der Waals surface area contributed by atoms with Gasteiger partial charge in [0.05, 0.1) is 0 Å². The SMILES string of the molecule is CCCCC1CC=C(C=CC(OC(C)=O)OC(C)=O)CC1. The monoisotopic (exact) mass is 294 g/mol. The first kappa shape index (κ1) is 17.5. The molecular weight excluding hydrogens is 268 g/mol. The van der Waals surface area contributed by atoms with E-state index >= 15 is 0 Å². The van der Waals surface area contributed by atoms with Gasteiger partial charge in [0.2, 0.25) is 0 Å². The summed E-state index contributed by atoms with van der Waals surface area (Å²) in [4.78, 5) is 21.9. The number of hydrogen-bond donors (Lipinski definition) is 0. The van der Waals surface area contributed by atoms with E-state index < -0.39 is 18.2 Å². The van der Waals surface area contributed by atoms with E-state index in [9.17, 15) is 9.59 Å². The molecule has 0 radical (unpaired) electrons. The fourth-order valence-corrected chi connectivity index (χ4v) is 2.45. The van der Waals surface area contributed by atoms with Crippen LogP contribution in [0, 0.1) is 5.92 Å². The molecule has 1 atom stereocenters. The minimum Gasteiger partial charge on any atom is -0.421 e. The highest BCUT2D eigenvalue weighted by Gasteiger charge is 2.14. The Balaban J connectivity index is 2.51. The predicted octanol–water partition coefficient (Wildman–Crippen LogP) is 3.91. The zero-order valence-electron chi connectivity index (χ0n) is 13.3. The topological polar surface area (TPSA) is 52.6 Å². The number of esters is 2. The van der Waals surface area contributed by atoms with Crippen molar-refractivity contribution in [1.29, 1.82) is 0 Å². The second kappa shape index (κ2) is 9.37. The third-order valence-corrected chi connectivity index (χ3v) is 3.55. The highest BCUT2D eigenvalue weighted by Crippen LogP contribution is 2.28. The smallest absolute Gasteiger partial charge is 0.305 e. The molecule has 0 aromatic carbocycles. The average molecular weight is 294 g/mol.